The number of nitrogens with zero attached hydrogens (tertiary/aromatic N) is 2. The van der Waals surface area contributed by atoms with Crippen molar-refractivity contribution in [2.75, 3.05) is 13.2 Å². The lowest BCUT2D eigenvalue weighted by Crippen LogP contribution is -2.06. The Bertz CT molecular complexity index is 689. The average molecular weight is 287 g/mol. The Balaban J connectivity index is 2.30. The summed E-state index contributed by atoms with van der Waals surface area (Å²) < 4.78 is 30.3. The molecule has 96 valence electrons. The molecule has 1 unspecified atom stereocenters. The number of halogens is 1. The van der Waals surface area contributed by atoms with Gasteiger partial charge >= 0.3 is 0 Å². The number of imidazole rings is 1. The van der Waals surface area contributed by atoms with Gasteiger partial charge in [0.05, 0.1) is 12.3 Å². The van der Waals surface area contributed by atoms with Crippen molar-refractivity contribution in [1.82, 2.24) is 9.38 Å². The van der Waals surface area contributed by atoms with Gasteiger partial charge in [-0.2, -0.15) is 0 Å². The highest BCUT2D eigenvalue weighted by Crippen LogP contribution is 2.32. The third kappa shape index (κ3) is 1.90. The van der Waals surface area contributed by atoms with E-state index in [1.54, 1.807) is 18.3 Å². The van der Waals surface area contributed by atoms with E-state index in [0.29, 0.717) is 24.6 Å². The van der Waals surface area contributed by atoms with Gasteiger partial charge in [0.25, 0.3) is 9.05 Å². The lowest BCUT2D eigenvalue weighted by Gasteiger charge is -2.05. The molecule has 0 spiro atoms. The minimum atomic E-state index is -3.84. The summed E-state index contributed by atoms with van der Waals surface area (Å²) in [5, 5.41) is 0.0651. The van der Waals surface area contributed by atoms with E-state index in [0.717, 1.165) is 6.42 Å². The van der Waals surface area contributed by atoms with Crippen LogP contribution in [-0.2, 0) is 13.8 Å². The third-order valence-corrected chi connectivity index (χ3v) is 4.36. The maximum Gasteiger partial charge on any atom is 0.279 e. The molecular formula is C11H11ClN2O3S. The number of rotatable bonds is 2. The number of hydrogen-bond acceptors (Lipinski definition) is 4. The molecule has 0 aliphatic carbocycles. The molecule has 7 heteroatoms. The van der Waals surface area contributed by atoms with Crippen LogP contribution in [0.25, 0.3) is 5.65 Å². The van der Waals surface area contributed by atoms with Crippen molar-refractivity contribution in [3.63, 3.8) is 0 Å². The first kappa shape index (κ1) is 12.0. The zero-order chi connectivity index (χ0) is 12.8. The summed E-state index contributed by atoms with van der Waals surface area (Å²) >= 11 is 0. The van der Waals surface area contributed by atoms with Crippen LogP contribution in [0.1, 0.15) is 18.0 Å². The molecule has 2 aromatic rings. The first-order valence-corrected chi connectivity index (χ1v) is 7.87. The molecule has 0 N–H and O–H groups in total. The number of ether oxygens (including phenoxy) is 1. The molecule has 1 atom stereocenters. The van der Waals surface area contributed by atoms with Gasteiger partial charge in [0.15, 0.2) is 5.03 Å². The van der Waals surface area contributed by atoms with Gasteiger partial charge in [-0.15, -0.1) is 0 Å². The second-order valence-electron chi connectivity index (χ2n) is 4.23. The number of pyridine rings is 1. The molecule has 0 bridgehead atoms. The zero-order valence-corrected chi connectivity index (χ0v) is 11.0. The maximum atomic E-state index is 11.7. The Morgan fingerprint density at radius 2 is 2.28 bits per heavy atom. The highest BCUT2D eigenvalue weighted by molar-refractivity contribution is 8.13. The minimum Gasteiger partial charge on any atom is -0.381 e. The van der Waals surface area contributed by atoms with Crippen molar-refractivity contribution in [2.24, 2.45) is 0 Å². The molecule has 3 heterocycles. The molecule has 0 amide bonds. The van der Waals surface area contributed by atoms with E-state index in [1.165, 1.54) is 4.40 Å². The lowest BCUT2D eigenvalue weighted by molar-refractivity contribution is 0.193. The number of fused-ring (bicyclic) bond motifs is 1. The monoisotopic (exact) mass is 286 g/mol. The highest BCUT2D eigenvalue weighted by atomic mass is 35.7. The molecule has 1 fully saturated rings. The van der Waals surface area contributed by atoms with Crippen LogP contribution < -0.4 is 0 Å². The van der Waals surface area contributed by atoms with Crippen molar-refractivity contribution >= 4 is 25.4 Å². The summed E-state index contributed by atoms with van der Waals surface area (Å²) in [6.07, 6.45) is 2.42. The highest BCUT2D eigenvalue weighted by Gasteiger charge is 2.30. The van der Waals surface area contributed by atoms with Gasteiger partial charge in [-0.1, -0.05) is 6.07 Å². The van der Waals surface area contributed by atoms with Crippen LogP contribution in [0.4, 0.5) is 0 Å². The van der Waals surface area contributed by atoms with Crippen molar-refractivity contribution in [3.8, 4) is 0 Å². The van der Waals surface area contributed by atoms with E-state index in [2.05, 4.69) is 4.98 Å². The summed E-state index contributed by atoms with van der Waals surface area (Å²) in [5.41, 5.74) is 1.09. The van der Waals surface area contributed by atoms with Gasteiger partial charge in [0.2, 0.25) is 0 Å². The normalized spacial score (nSPS) is 20.6. The predicted molar refractivity (Wildman–Crippen MR) is 66.4 cm³/mol. The van der Waals surface area contributed by atoms with Crippen LogP contribution in [-0.4, -0.2) is 31.0 Å². The molecular weight excluding hydrogens is 276 g/mol. The van der Waals surface area contributed by atoms with Gasteiger partial charge in [-0.3, -0.25) is 4.40 Å². The van der Waals surface area contributed by atoms with E-state index in [1.807, 2.05) is 6.07 Å². The lowest BCUT2D eigenvalue weighted by atomic mass is 10.1. The summed E-state index contributed by atoms with van der Waals surface area (Å²) in [5.74, 6) is -0.00609. The second kappa shape index (κ2) is 4.22. The number of aromatic nitrogens is 2. The van der Waals surface area contributed by atoms with Gasteiger partial charge < -0.3 is 4.74 Å². The molecule has 0 radical (unpaired) electrons. The smallest absolute Gasteiger partial charge is 0.279 e. The zero-order valence-electron chi connectivity index (χ0n) is 9.41. The standard InChI is InChI=1S/C11H11ClN2O3S/c12-18(15,16)11-10(8-4-6-17-7-8)13-9-3-1-2-5-14(9)11/h1-3,5,8H,4,6-7H2. The van der Waals surface area contributed by atoms with Gasteiger partial charge in [-0.05, 0) is 18.6 Å². The first-order chi connectivity index (χ1) is 8.57. The minimum absolute atomic E-state index is 0.00609. The molecule has 5 nitrogen and oxygen atoms in total. The molecule has 1 aliphatic heterocycles. The van der Waals surface area contributed by atoms with Crippen LogP contribution in [0.15, 0.2) is 29.4 Å². The molecule has 2 aromatic heterocycles. The second-order valence-corrected chi connectivity index (χ2v) is 6.71. The maximum absolute atomic E-state index is 11.7. The summed E-state index contributed by atoms with van der Waals surface area (Å²) in [7, 11) is 1.70. The van der Waals surface area contributed by atoms with Gasteiger partial charge in [-0.25, -0.2) is 13.4 Å². The Labute approximate surface area is 109 Å². The van der Waals surface area contributed by atoms with E-state index < -0.39 is 9.05 Å². The SMILES string of the molecule is O=S(=O)(Cl)c1c(C2CCOC2)nc2ccccn12. The Morgan fingerprint density at radius 3 is 2.94 bits per heavy atom. The first-order valence-electron chi connectivity index (χ1n) is 5.57. The largest absolute Gasteiger partial charge is 0.381 e. The fraction of sp³-hybridized carbons (Fsp3) is 0.364. The van der Waals surface area contributed by atoms with E-state index >= 15 is 0 Å². The van der Waals surface area contributed by atoms with Gasteiger partial charge in [0, 0.05) is 29.4 Å². The van der Waals surface area contributed by atoms with Crippen LogP contribution in [0, 0.1) is 0 Å². The summed E-state index contributed by atoms with van der Waals surface area (Å²) in [4.78, 5) is 4.38. The van der Waals surface area contributed by atoms with Crippen LogP contribution in [0.5, 0.6) is 0 Å². The third-order valence-electron chi connectivity index (χ3n) is 3.06. The average Bonchev–Trinajstić information content (AvgIpc) is 2.94. The molecule has 0 saturated carbocycles. The van der Waals surface area contributed by atoms with Crippen LogP contribution in [0.3, 0.4) is 0 Å². The molecule has 3 rings (SSSR count). The summed E-state index contributed by atoms with van der Waals surface area (Å²) in [6.45, 7) is 1.11. The van der Waals surface area contributed by atoms with Crippen LogP contribution >= 0.6 is 10.7 Å². The Hall–Kier alpha value is -1.11. The van der Waals surface area contributed by atoms with Gasteiger partial charge in [0.1, 0.15) is 5.65 Å². The Morgan fingerprint density at radius 1 is 1.44 bits per heavy atom. The summed E-state index contributed by atoms with van der Waals surface area (Å²) in [6, 6.07) is 5.31. The molecule has 18 heavy (non-hydrogen) atoms. The molecule has 1 aliphatic rings. The molecule has 1 saturated heterocycles. The van der Waals surface area contributed by atoms with Crippen molar-refractivity contribution in [2.45, 2.75) is 17.4 Å². The van der Waals surface area contributed by atoms with E-state index in [4.69, 9.17) is 15.4 Å². The predicted octanol–water partition coefficient (Wildman–Crippen LogP) is 1.77. The van der Waals surface area contributed by atoms with Crippen molar-refractivity contribution in [3.05, 3.63) is 30.1 Å². The molecule has 0 aromatic carbocycles. The van der Waals surface area contributed by atoms with Crippen molar-refractivity contribution < 1.29 is 13.2 Å². The van der Waals surface area contributed by atoms with E-state index in [-0.39, 0.29) is 10.9 Å². The Kier molecular flexibility index (Phi) is 2.80. The van der Waals surface area contributed by atoms with E-state index in [9.17, 15) is 8.42 Å². The van der Waals surface area contributed by atoms with Crippen molar-refractivity contribution in [1.29, 1.82) is 0 Å². The topological polar surface area (TPSA) is 60.7 Å². The number of hydrogen-bond donors (Lipinski definition) is 0. The van der Waals surface area contributed by atoms with Crippen LogP contribution in [0.2, 0.25) is 0 Å². The quantitative estimate of drug-likeness (QED) is 0.790. The fourth-order valence-corrected chi connectivity index (χ4v) is 3.56. The fourth-order valence-electron chi connectivity index (χ4n) is 2.25.